The number of aryl methyl sites for hydroxylation is 2. The number of fused-ring (bicyclic) bond motifs is 1. The van der Waals surface area contributed by atoms with Gasteiger partial charge in [0.15, 0.2) is 0 Å². The summed E-state index contributed by atoms with van der Waals surface area (Å²) in [6.45, 7) is 16.7. The van der Waals surface area contributed by atoms with Crippen LogP contribution in [0.5, 0.6) is 5.75 Å². The highest BCUT2D eigenvalue weighted by Crippen LogP contribution is 2.44. The van der Waals surface area contributed by atoms with Crippen molar-refractivity contribution in [2.24, 2.45) is 11.3 Å². The number of methoxy groups -OCH3 is 1. The van der Waals surface area contributed by atoms with Crippen molar-refractivity contribution in [3.8, 4) is 5.75 Å². The van der Waals surface area contributed by atoms with Crippen molar-refractivity contribution in [3.63, 3.8) is 0 Å². The second-order valence-corrected chi connectivity index (χ2v) is 24.2. The van der Waals surface area contributed by atoms with Gasteiger partial charge in [-0.15, -0.1) is 0 Å². The zero-order chi connectivity index (χ0) is 50.5. The lowest BCUT2D eigenvalue weighted by Gasteiger charge is -2.44. The molecule has 4 saturated heterocycles. The molecule has 3 aromatic carbocycles. The van der Waals surface area contributed by atoms with Crippen LogP contribution in [-0.2, 0) is 25.4 Å². The SMILES string of the molecule is CCc1cc(Nc2ncc(Br)c(Nc3ccc4nc(C)ncc4c3P(C)(C)=O)n2)c(OC)cc1N1CCC(N2CCN(C(=O)[C@H]3CN(c4cc(F)c([C@H]5CCC(=O)NC5=O)c(F)c4)CC3(C)C)CC2)CC1. The summed E-state index contributed by atoms with van der Waals surface area (Å²) in [5.41, 5.74) is 3.93. The van der Waals surface area contributed by atoms with Crippen molar-refractivity contribution >= 4 is 91.5 Å². The van der Waals surface area contributed by atoms with Crippen molar-refractivity contribution in [1.29, 1.82) is 0 Å². The number of hydrogen-bond acceptors (Lipinski definition) is 14. The van der Waals surface area contributed by atoms with Gasteiger partial charge < -0.3 is 34.6 Å². The summed E-state index contributed by atoms with van der Waals surface area (Å²) in [5.74, 6) is -2.05. The van der Waals surface area contributed by atoms with E-state index in [4.69, 9.17) is 9.72 Å². The number of aromatic nitrogens is 4. The first-order chi connectivity index (χ1) is 33.8. The van der Waals surface area contributed by atoms with Gasteiger partial charge in [-0.1, -0.05) is 20.8 Å². The number of hydrogen-bond donors (Lipinski definition) is 3. The average molecular weight is 1060 g/mol. The van der Waals surface area contributed by atoms with Crippen molar-refractivity contribution in [1.82, 2.24) is 35.1 Å². The summed E-state index contributed by atoms with van der Waals surface area (Å²) in [7, 11) is -1.14. The number of piperazine rings is 1. The van der Waals surface area contributed by atoms with E-state index in [1.54, 1.807) is 32.8 Å². The Labute approximate surface area is 421 Å². The zero-order valence-corrected chi connectivity index (χ0v) is 43.7. The van der Waals surface area contributed by atoms with Gasteiger partial charge in [-0.2, -0.15) is 4.98 Å². The fourth-order valence-electron chi connectivity index (χ4n) is 10.9. The van der Waals surface area contributed by atoms with Gasteiger partial charge in [-0.3, -0.25) is 24.6 Å². The average Bonchev–Trinajstić information content (AvgIpc) is 3.66. The highest BCUT2D eigenvalue weighted by Gasteiger charge is 2.46. The molecule has 0 spiro atoms. The van der Waals surface area contributed by atoms with Crippen molar-refractivity contribution in [3.05, 3.63) is 81.9 Å². The number of nitrogens with one attached hydrogen (secondary N) is 3. The predicted molar refractivity (Wildman–Crippen MR) is 276 cm³/mol. The second-order valence-electron chi connectivity index (χ2n) is 20.2. The van der Waals surface area contributed by atoms with E-state index >= 15 is 8.78 Å². The van der Waals surface area contributed by atoms with E-state index in [9.17, 15) is 18.9 Å². The van der Waals surface area contributed by atoms with Gasteiger partial charge in [0.25, 0.3) is 0 Å². The number of halogens is 3. The number of carbonyl (C=O) groups is 3. The molecule has 71 heavy (non-hydrogen) atoms. The Morgan fingerprint density at radius 2 is 1.65 bits per heavy atom. The lowest BCUT2D eigenvalue weighted by Crippen LogP contribution is -2.56. The Balaban J connectivity index is 0.811. The van der Waals surface area contributed by atoms with Gasteiger partial charge >= 0.3 is 0 Å². The maximum atomic E-state index is 15.5. The molecule has 0 bridgehead atoms. The summed E-state index contributed by atoms with van der Waals surface area (Å²) in [6.07, 6.45) is 6.19. The molecule has 0 unspecified atom stereocenters. The molecule has 20 heteroatoms. The van der Waals surface area contributed by atoms with E-state index in [2.05, 4.69) is 75.7 Å². The van der Waals surface area contributed by atoms with Gasteiger partial charge in [0, 0.05) is 111 Å². The van der Waals surface area contributed by atoms with Crippen LogP contribution in [0.25, 0.3) is 10.9 Å². The quantitative estimate of drug-likeness (QED) is 0.0812. The number of anilines is 6. The number of benzene rings is 3. The van der Waals surface area contributed by atoms with E-state index in [1.807, 2.05) is 42.7 Å². The van der Waals surface area contributed by atoms with Crippen molar-refractivity contribution in [2.45, 2.75) is 71.8 Å². The van der Waals surface area contributed by atoms with Crippen LogP contribution in [0.3, 0.4) is 0 Å². The standard InChI is InChI=1S/C51H61BrF2N11O5P/c1-8-30-21-41(59-50-56-26-36(52)47(61-50)58-40-11-10-39-34(25-55-29(2)57-39)46(40)71(6,7)69)43(70-5)24-42(30)63-15-13-31(14-16-63)62-17-19-64(20-18-62)49(68)35-27-65(28-51(35,3)4)32-22-37(53)45(38(54)23-32)33-9-12-44(66)60-48(33)67/h10-11,21-26,31,33,35H,8-9,12-20,27-28H2,1-7H3,(H,60,66,67)(H2,56,58,59,61)/t33-,35-/m1/s1. The summed E-state index contributed by atoms with van der Waals surface area (Å²) >= 11 is 3.60. The third-order valence-corrected chi connectivity index (χ3v) is 16.8. The summed E-state index contributed by atoms with van der Waals surface area (Å²) in [6, 6.07) is 10.8. The molecule has 4 fully saturated rings. The molecule has 9 rings (SSSR count). The van der Waals surface area contributed by atoms with Gasteiger partial charge in [0.1, 0.15) is 36.2 Å². The van der Waals surface area contributed by atoms with Gasteiger partial charge in [0.05, 0.1) is 40.3 Å². The number of carbonyl (C=O) groups excluding carboxylic acids is 3. The van der Waals surface area contributed by atoms with Crippen LogP contribution < -0.4 is 35.8 Å². The van der Waals surface area contributed by atoms with Crippen molar-refractivity contribution in [2.75, 3.05) is 93.2 Å². The van der Waals surface area contributed by atoms with E-state index in [-0.39, 0.29) is 30.2 Å². The molecule has 5 aromatic rings. The fraction of sp³-hybridized carbons (Fsp3) is 0.471. The lowest BCUT2D eigenvalue weighted by atomic mass is 9.81. The molecule has 3 N–H and O–H groups in total. The summed E-state index contributed by atoms with van der Waals surface area (Å²) in [4.78, 5) is 65.3. The van der Waals surface area contributed by atoms with E-state index in [0.717, 1.165) is 73.3 Å². The molecular formula is C51H61BrF2N11O5P. The number of ether oxygens (including phenoxy) is 1. The molecule has 2 aromatic heterocycles. The number of imide groups is 1. The van der Waals surface area contributed by atoms with Crippen LogP contribution in [0.1, 0.15) is 69.3 Å². The van der Waals surface area contributed by atoms with Gasteiger partial charge in [-0.05, 0) is 103 Å². The van der Waals surface area contributed by atoms with E-state index < -0.39 is 41.9 Å². The van der Waals surface area contributed by atoms with Crippen LogP contribution in [0.4, 0.5) is 43.3 Å². The third-order valence-electron chi connectivity index (χ3n) is 14.6. The minimum atomic E-state index is -2.79. The Hall–Kier alpha value is -5.78. The minimum Gasteiger partial charge on any atom is -0.494 e. The lowest BCUT2D eigenvalue weighted by molar-refractivity contribution is -0.140. The zero-order valence-electron chi connectivity index (χ0n) is 41.2. The second kappa shape index (κ2) is 20.0. The highest BCUT2D eigenvalue weighted by molar-refractivity contribution is 9.10. The van der Waals surface area contributed by atoms with Crippen molar-refractivity contribution < 1.29 is 32.5 Å². The Morgan fingerprint density at radius 1 is 0.930 bits per heavy atom. The molecule has 4 aliphatic rings. The predicted octanol–water partition coefficient (Wildman–Crippen LogP) is 7.87. The Morgan fingerprint density at radius 3 is 2.31 bits per heavy atom. The van der Waals surface area contributed by atoms with Gasteiger partial charge in [0.2, 0.25) is 23.7 Å². The number of piperidine rings is 2. The van der Waals surface area contributed by atoms with Crippen LogP contribution >= 0.6 is 23.1 Å². The monoisotopic (exact) mass is 1060 g/mol. The highest BCUT2D eigenvalue weighted by atomic mass is 79.9. The minimum absolute atomic E-state index is 0.0195. The van der Waals surface area contributed by atoms with E-state index in [1.165, 1.54) is 12.1 Å². The topological polar surface area (TPSA) is 178 Å². The number of amides is 3. The van der Waals surface area contributed by atoms with E-state index in [0.29, 0.717) is 76.7 Å². The Bertz CT molecular complexity index is 2940. The van der Waals surface area contributed by atoms with Crippen LogP contribution in [0.15, 0.2) is 53.3 Å². The maximum Gasteiger partial charge on any atom is 0.234 e. The molecule has 4 aliphatic heterocycles. The number of nitrogens with zero attached hydrogens (tertiary/aromatic N) is 8. The first kappa shape index (κ1) is 50.2. The summed E-state index contributed by atoms with van der Waals surface area (Å²) < 4.78 is 51.2. The first-order valence-electron chi connectivity index (χ1n) is 24.3. The van der Waals surface area contributed by atoms with Crippen LogP contribution in [0.2, 0.25) is 0 Å². The molecular weight excluding hydrogens is 996 g/mol. The molecule has 3 amide bonds. The number of rotatable bonds is 12. The normalized spacial score (nSPS) is 20.1. The van der Waals surface area contributed by atoms with Crippen LogP contribution in [0, 0.1) is 29.9 Å². The molecule has 376 valence electrons. The fourth-order valence-corrected chi connectivity index (χ4v) is 12.6. The molecule has 0 saturated carbocycles. The molecule has 6 heterocycles. The summed E-state index contributed by atoms with van der Waals surface area (Å²) in [5, 5.41) is 10.3. The largest absolute Gasteiger partial charge is 0.494 e. The maximum absolute atomic E-state index is 15.5. The third kappa shape index (κ3) is 10.3. The Kier molecular flexibility index (Phi) is 14.1. The van der Waals surface area contributed by atoms with Crippen LogP contribution in [-0.4, -0.2) is 126 Å². The first-order valence-corrected chi connectivity index (χ1v) is 27.7. The van der Waals surface area contributed by atoms with Gasteiger partial charge in [-0.25, -0.2) is 23.7 Å². The molecule has 0 radical (unpaired) electrons. The molecule has 2 atom stereocenters. The molecule has 0 aliphatic carbocycles. The molecule has 16 nitrogen and oxygen atoms in total. The smallest absolute Gasteiger partial charge is 0.234 e.